The van der Waals surface area contributed by atoms with Crippen molar-refractivity contribution in [3.63, 3.8) is 0 Å². The summed E-state index contributed by atoms with van der Waals surface area (Å²) in [6, 6.07) is 5.68. The zero-order chi connectivity index (χ0) is 13.8. The lowest BCUT2D eigenvalue weighted by molar-refractivity contribution is 0.0954. The average Bonchev–Trinajstić information content (AvgIpc) is 2.73. The second kappa shape index (κ2) is 6.02. The predicted octanol–water partition coefficient (Wildman–Crippen LogP) is 2.46. The van der Waals surface area contributed by atoms with Crippen LogP contribution < -0.4 is 5.32 Å². The highest BCUT2D eigenvalue weighted by atomic mass is 79.9. The van der Waals surface area contributed by atoms with Crippen LogP contribution in [0.15, 0.2) is 35.1 Å². The maximum Gasteiger partial charge on any atom is 0.251 e. The lowest BCUT2D eigenvalue weighted by Crippen LogP contribution is -2.25. The van der Waals surface area contributed by atoms with Crippen LogP contribution in [0.25, 0.3) is 0 Å². The number of rotatable bonds is 4. The molecule has 0 fully saturated rings. The summed E-state index contributed by atoms with van der Waals surface area (Å²) in [7, 11) is 1.88. The second-order valence-corrected chi connectivity index (χ2v) is 5.46. The minimum absolute atomic E-state index is 0.0479. The van der Waals surface area contributed by atoms with Gasteiger partial charge in [0.1, 0.15) is 0 Å². The Balaban J connectivity index is 1.90. The van der Waals surface area contributed by atoms with Crippen molar-refractivity contribution in [1.82, 2.24) is 15.1 Å². The van der Waals surface area contributed by atoms with Crippen LogP contribution in [0.2, 0.25) is 0 Å². The normalized spacial score (nSPS) is 10.5. The summed E-state index contributed by atoms with van der Waals surface area (Å²) in [6.45, 7) is 2.58. The smallest absolute Gasteiger partial charge is 0.251 e. The summed E-state index contributed by atoms with van der Waals surface area (Å²) in [4.78, 5) is 12.0. The maximum atomic E-state index is 12.0. The molecule has 100 valence electrons. The van der Waals surface area contributed by atoms with Gasteiger partial charge in [0, 0.05) is 29.8 Å². The number of amides is 1. The summed E-state index contributed by atoms with van der Waals surface area (Å²) >= 11 is 3.40. The van der Waals surface area contributed by atoms with Gasteiger partial charge in [0.2, 0.25) is 0 Å². The molecule has 19 heavy (non-hydrogen) atoms. The number of hydrogen-bond acceptors (Lipinski definition) is 2. The lowest BCUT2D eigenvalue weighted by Gasteiger charge is -2.06. The molecule has 0 saturated carbocycles. The van der Waals surface area contributed by atoms with Crippen molar-refractivity contribution >= 4 is 21.8 Å². The molecule has 0 unspecified atom stereocenters. The molecule has 0 aliphatic heterocycles. The highest BCUT2D eigenvalue weighted by Gasteiger charge is 2.06. The van der Waals surface area contributed by atoms with E-state index in [1.54, 1.807) is 4.68 Å². The van der Waals surface area contributed by atoms with Crippen molar-refractivity contribution in [2.45, 2.75) is 13.3 Å². The van der Waals surface area contributed by atoms with Crippen LogP contribution in [-0.2, 0) is 13.5 Å². The Kier molecular flexibility index (Phi) is 4.37. The number of nitrogens with zero attached hydrogens (tertiary/aromatic N) is 2. The molecule has 0 aliphatic carbocycles. The van der Waals surface area contributed by atoms with E-state index >= 15 is 0 Å². The highest BCUT2D eigenvalue weighted by Crippen LogP contribution is 2.15. The molecule has 0 saturated heterocycles. The van der Waals surface area contributed by atoms with Crippen LogP contribution in [0.5, 0.6) is 0 Å². The van der Waals surface area contributed by atoms with Crippen LogP contribution in [0, 0.1) is 6.92 Å². The first kappa shape index (κ1) is 13.8. The van der Waals surface area contributed by atoms with Crippen LogP contribution in [-0.4, -0.2) is 22.2 Å². The molecule has 1 aromatic carbocycles. The molecule has 0 atom stereocenters. The number of carbonyl (C=O) groups is 1. The quantitative estimate of drug-likeness (QED) is 0.940. The second-order valence-electron chi connectivity index (χ2n) is 4.55. The van der Waals surface area contributed by atoms with Crippen molar-refractivity contribution in [2.75, 3.05) is 6.54 Å². The third-order valence-corrected chi connectivity index (χ3v) is 3.22. The van der Waals surface area contributed by atoms with Gasteiger partial charge in [-0.1, -0.05) is 15.9 Å². The Morgan fingerprint density at radius 1 is 1.42 bits per heavy atom. The molecule has 2 aromatic rings. The van der Waals surface area contributed by atoms with Gasteiger partial charge in [-0.05, 0) is 42.7 Å². The monoisotopic (exact) mass is 321 g/mol. The van der Waals surface area contributed by atoms with E-state index in [1.165, 1.54) is 0 Å². The van der Waals surface area contributed by atoms with Gasteiger partial charge in [-0.3, -0.25) is 9.48 Å². The van der Waals surface area contributed by atoms with E-state index in [9.17, 15) is 4.79 Å². The van der Waals surface area contributed by atoms with E-state index in [4.69, 9.17) is 0 Å². The first-order chi connectivity index (χ1) is 9.04. The van der Waals surface area contributed by atoms with Gasteiger partial charge in [0.05, 0.1) is 6.20 Å². The first-order valence-corrected chi connectivity index (χ1v) is 6.87. The Labute approximate surface area is 120 Å². The van der Waals surface area contributed by atoms with E-state index in [0.29, 0.717) is 12.1 Å². The zero-order valence-corrected chi connectivity index (χ0v) is 12.6. The van der Waals surface area contributed by atoms with Gasteiger partial charge < -0.3 is 5.32 Å². The van der Waals surface area contributed by atoms with Gasteiger partial charge in [-0.2, -0.15) is 5.10 Å². The molecule has 5 heteroatoms. The topological polar surface area (TPSA) is 46.9 Å². The number of hydrogen-bond donors (Lipinski definition) is 1. The molecular formula is C14H16BrN3O. The van der Waals surface area contributed by atoms with Crippen molar-refractivity contribution in [3.8, 4) is 0 Å². The molecule has 1 heterocycles. The molecule has 2 rings (SSSR count). The largest absolute Gasteiger partial charge is 0.352 e. The minimum atomic E-state index is -0.0479. The number of benzene rings is 1. The fourth-order valence-electron chi connectivity index (χ4n) is 1.89. The Bertz CT molecular complexity index is 572. The fraction of sp³-hybridized carbons (Fsp3) is 0.286. The average molecular weight is 322 g/mol. The van der Waals surface area contributed by atoms with Gasteiger partial charge in [-0.25, -0.2) is 0 Å². The molecule has 0 bridgehead atoms. The van der Waals surface area contributed by atoms with E-state index in [0.717, 1.165) is 22.0 Å². The van der Waals surface area contributed by atoms with E-state index in [2.05, 4.69) is 26.3 Å². The van der Waals surface area contributed by atoms with Crippen molar-refractivity contribution < 1.29 is 4.79 Å². The molecule has 0 aliphatic rings. The summed E-state index contributed by atoms with van der Waals surface area (Å²) < 4.78 is 2.68. The molecule has 1 aromatic heterocycles. The Morgan fingerprint density at radius 3 is 2.84 bits per heavy atom. The maximum absolute atomic E-state index is 12.0. The molecule has 1 N–H and O–H groups in total. The van der Waals surface area contributed by atoms with E-state index in [-0.39, 0.29) is 5.91 Å². The summed E-state index contributed by atoms with van der Waals surface area (Å²) in [6.07, 6.45) is 4.55. The number of aromatic nitrogens is 2. The molecule has 1 amide bonds. The summed E-state index contributed by atoms with van der Waals surface area (Å²) in [5.74, 6) is -0.0479. The SMILES string of the molecule is Cc1cc(Br)cc(C(=O)NCCc2cnn(C)c2)c1. The van der Waals surface area contributed by atoms with Crippen LogP contribution in [0.4, 0.5) is 0 Å². The number of carbonyl (C=O) groups excluding carboxylic acids is 1. The molecule has 0 spiro atoms. The van der Waals surface area contributed by atoms with Crippen LogP contribution >= 0.6 is 15.9 Å². The van der Waals surface area contributed by atoms with Crippen molar-refractivity contribution in [3.05, 3.63) is 51.8 Å². The van der Waals surface area contributed by atoms with E-state index < -0.39 is 0 Å². The third kappa shape index (κ3) is 3.92. The molecular weight excluding hydrogens is 306 g/mol. The van der Waals surface area contributed by atoms with Gasteiger partial charge in [-0.15, -0.1) is 0 Å². The minimum Gasteiger partial charge on any atom is -0.352 e. The number of nitrogens with one attached hydrogen (secondary N) is 1. The standard InChI is InChI=1S/C14H16BrN3O/c1-10-5-12(7-13(15)6-10)14(19)16-4-3-11-8-17-18(2)9-11/h5-9H,3-4H2,1-2H3,(H,16,19). The molecule has 0 radical (unpaired) electrons. The Morgan fingerprint density at radius 2 is 2.21 bits per heavy atom. The number of aryl methyl sites for hydroxylation is 2. The van der Waals surface area contributed by atoms with E-state index in [1.807, 2.05) is 44.6 Å². The first-order valence-electron chi connectivity index (χ1n) is 6.07. The Hall–Kier alpha value is -1.62. The van der Waals surface area contributed by atoms with Gasteiger partial charge in [0.15, 0.2) is 0 Å². The van der Waals surface area contributed by atoms with Crippen molar-refractivity contribution in [1.29, 1.82) is 0 Å². The fourth-order valence-corrected chi connectivity index (χ4v) is 2.50. The van der Waals surface area contributed by atoms with Crippen LogP contribution in [0.3, 0.4) is 0 Å². The highest BCUT2D eigenvalue weighted by molar-refractivity contribution is 9.10. The zero-order valence-electron chi connectivity index (χ0n) is 11.0. The molecule has 4 nitrogen and oxygen atoms in total. The number of halogens is 1. The summed E-state index contributed by atoms with van der Waals surface area (Å²) in [5, 5.41) is 7.01. The lowest BCUT2D eigenvalue weighted by atomic mass is 10.1. The summed E-state index contributed by atoms with van der Waals surface area (Å²) in [5.41, 5.74) is 2.86. The van der Waals surface area contributed by atoms with Gasteiger partial charge >= 0.3 is 0 Å². The van der Waals surface area contributed by atoms with Crippen molar-refractivity contribution in [2.24, 2.45) is 7.05 Å². The van der Waals surface area contributed by atoms with Crippen LogP contribution in [0.1, 0.15) is 21.5 Å². The van der Waals surface area contributed by atoms with Gasteiger partial charge in [0.25, 0.3) is 5.91 Å². The predicted molar refractivity (Wildman–Crippen MR) is 78.1 cm³/mol. The third-order valence-electron chi connectivity index (χ3n) is 2.76.